The third kappa shape index (κ3) is 0.881. The van der Waals surface area contributed by atoms with Gasteiger partial charge in [0.15, 0.2) is 0 Å². The fourth-order valence-corrected chi connectivity index (χ4v) is 2.78. The van der Waals surface area contributed by atoms with Crippen LogP contribution >= 0.6 is 0 Å². The van der Waals surface area contributed by atoms with Crippen LogP contribution in [0.4, 0.5) is 0 Å². The molecule has 2 fully saturated rings. The molecule has 0 heteroatoms. The van der Waals surface area contributed by atoms with Crippen LogP contribution in [0.15, 0.2) is 12.2 Å². The van der Waals surface area contributed by atoms with Crippen molar-refractivity contribution in [3.63, 3.8) is 0 Å². The quantitative estimate of drug-likeness (QED) is 0.529. The van der Waals surface area contributed by atoms with Crippen LogP contribution in [-0.2, 0) is 0 Å². The topological polar surface area (TPSA) is 0 Å². The van der Waals surface area contributed by atoms with Crippen molar-refractivity contribution in [1.82, 2.24) is 0 Å². The standard InChI is InChI=1S/C11H18/c1-4-5-6-9-7-11(9)8-10(11,2)3/h4-5,9H,6-8H2,1-3H3. The van der Waals surface area contributed by atoms with Crippen molar-refractivity contribution in [2.45, 2.75) is 40.0 Å². The van der Waals surface area contributed by atoms with E-state index in [1.54, 1.807) is 0 Å². The molecule has 0 radical (unpaired) electrons. The largest absolute Gasteiger partial charge is 0.0917 e. The molecule has 1 spiro atoms. The molecule has 0 amide bonds. The Morgan fingerprint density at radius 1 is 1.45 bits per heavy atom. The molecule has 2 aliphatic rings. The Labute approximate surface area is 69.7 Å². The Kier molecular flexibility index (Phi) is 1.28. The van der Waals surface area contributed by atoms with Gasteiger partial charge in [-0.1, -0.05) is 26.0 Å². The zero-order valence-electron chi connectivity index (χ0n) is 7.85. The lowest BCUT2D eigenvalue weighted by atomic mass is 10.1. The van der Waals surface area contributed by atoms with Gasteiger partial charge in [0.2, 0.25) is 0 Å². The van der Waals surface area contributed by atoms with E-state index in [2.05, 4.69) is 32.9 Å². The zero-order chi connectivity index (χ0) is 8.11. The first-order chi connectivity index (χ1) is 5.12. The summed E-state index contributed by atoms with van der Waals surface area (Å²) in [5.41, 5.74) is 1.51. The van der Waals surface area contributed by atoms with Gasteiger partial charge in [-0.05, 0) is 42.9 Å². The summed E-state index contributed by atoms with van der Waals surface area (Å²) < 4.78 is 0. The molecular weight excluding hydrogens is 132 g/mol. The Morgan fingerprint density at radius 2 is 2.09 bits per heavy atom. The smallest absolute Gasteiger partial charge is 0.0206 e. The van der Waals surface area contributed by atoms with Gasteiger partial charge in [-0.2, -0.15) is 0 Å². The highest BCUT2D eigenvalue weighted by Crippen LogP contribution is 2.82. The van der Waals surface area contributed by atoms with Gasteiger partial charge in [0.1, 0.15) is 0 Å². The summed E-state index contributed by atoms with van der Waals surface area (Å²) in [5.74, 6) is 1.04. The summed E-state index contributed by atoms with van der Waals surface area (Å²) in [6.45, 7) is 6.96. The van der Waals surface area contributed by atoms with Gasteiger partial charge in [-0.15, -0.1) is 0 Å². The minimum atomic E-state index is 0.694. The average Bonchev–Trinajstić information content (AvgIpc) is 2.71. The van der Waals surface area contributed by atoms with E-state index in [-0.39, 0.29) is 0 Å². The minimum absolute atomic E-state index is 0.694. The monoisotopic (exact) mass is 150 g/mol. The maximum absolute atomic E-state index is 2.42. The molecular formula is C11H18. The van der Waals surface area contributed by atoms with Crippen LogP contribution in [0.3, 0.4) is 0 Å². The normalized spacial score (nSPS) is 45.2. The van der Waals surface area contributed by atoms with E-state index >= 15 is 0 Å². The summed E-state index contributed by atoms with van der Waals surface area (Å²) in [6.07, 6.45) is 8.84. The molecule has 0 aliphatic heterocycles. The molecule has 2 unspecified atom stereocenters. The first kappa shape index (κ1) is 7.39. The summed E-state index contributed by atoms with van der Waals surface area (Å²) in [6, 6.07) is 0. The zero-order valence-corrected chi connectivity index (χ0v) is 7.85. The second kappa shape index (κ2) is 1.91. The van der Waals surface area contributed by atoms with E-state index in [1.165, 1.54) is 19.3 Å². The van der Waals surface area contributed by atoms with Gasteiger partial charge < -0.3 is 0 Å². The summed E-state index contributed by atoms with van der Waals surface area (Å²) in [7, 11) is 0. The molecule has 2 atom stereocenters. The molecule has 11 heavy (non-hydrogen) atoms. The predicted octanol–water partition coefficient (Wildman–Crippen LogP) is 3.39. The number of hydrogen-bond donors (Lipinski definition) is 0. The fourth-order valence-electron chi connectivity index (χ4n) is 2.78. The number of rotatable bonds is 2. The van der Waals surface area contributed by atoms with E-state index < -0.39 is 0 Å². The number of allylic oxidation sites excluding steroid dienone is 2. The Hall–Kier alpha value is -0.260. The third-order valence-corrected chi connectivity index (χ3v) is 3.87. The molecule has 2 aliphatic carbocycles. The van der Waals surface area contributed by atoms with E-state index in [4.69, 9.17) is 0 Å². The van der Waals surface area contributed by atoms with Crippen molar-refractivity contribution < 1.29 is 0 Å². The van der Waals surface area contributed by atoms with Crippen LogP contribution in [-0.4, -0.2) is 0 Å². The van der Waals surface area contributed by atoms with E-state index in [9.17, 15) is 0 Å². The van der Waals surface area contributed by atoms with Crippen LogP contribution in [0.25, 0.3) is 0 Å². The molecule has 0 N–H and O–H groups in total. The van der Waals surface area contributed by atoms with Crippen LogP contribution in [0.1, 0.15) is 40.0 Å². The van der Waals surface area contributed by atoms with Crippen LogP contribution in [0.2, 0.25) is 0 Å². The average molecular weight is 150 g/mol. The number of hydrogen-bond acceptors (Lipinski definition) is 0. The van der Waals surface area contributed by atoms with Crippen molar-refractivity contribution in [3.8, 4) is 0 Å². The maximum atomic E-state index is 2.42. The van der Waals surface area contributed by atoms with Crippen molar-refractivity contribution in [3.05, 3.63) is 12.2 Å². The lowest BCUT2D eigenvalue weighted by Gasteiger charge is -1.98. The highest BCUT2D eigenvalue weighted by Gasteiger charge is 2.74. The maximum Gasteiger partial charge on any atom is -0.0206 e. The first-order valence-corrected chi connectivity index (χ1v) is 4.73. The second-order valence-corrected chi connectivity index (χ2v) is 4.92. The highest BCUT2D eigenvalue weighted by molar-refractivity contribution is 5.24. The molecule has 0 saturated heterocycles. The van der Waals surface area contributed by atoms with Gasteiger partial charge in [0.05, 0.1) is 0 Å². The van der Waals surface area contributed by atoms with Gasteiger partial charge in [-0.3, -0.25) is 0 Å². The SMILES string of the molecule is CC=CCC1CC12CC2(C)C. The lowest BCUT2D eigenvalue weighted by Crippen LogP contribution is -1.91. The van der Waals surface area contributed by atoms with E-state index in [0.29, 0.717) is 5.41 Å². The Balaban J connectivity index is 1.88. The summed E-state index contributed by atoms with van der Waals surface area (Å²) in [4.78, 5) is 0. The van der Waals surface area contributed by atoms with Crippen molar-refractivity contribution in [2.75, 3.05) is 0 Å². The molecule has 62 valence electrons. The van der Waals surface area contributed by atoms with Crippen molar-refractivity contribution in [1.29, 1.82) is 0 Å². The molecule has 0 bridgehead atoms. The van der Waals surface area contributed by atoms with Gasteiger partial charge in [0, 0.05) is 0 Å². The van der Waals surface area contributed by atoms with E-state index in [0.717, 1.165) is 11.3 Å². The molecule has 0 aromatic carbocycles. The second-order valence-electron chi connectivity index (χ2n) is 4.92. The van der Waals surface area contributed by atoms with Crippen LogP contribution in [0, 0.1) is 16.7 Å². The van der Waals surface area contributed by atoms with Gasteiger partial charge in [-0.25, -0.2) is 0 Å². The predicted molar refractivity (Wildman–Crippen MR) is 48.4 cm³/mol. The lowest BCUT2D eigenvalue weighted by molar-refractivity contribution is 0.516. The molecule has 0 aromatic heterocycles. The summed E-state index contributed by atoms with van der Waals surface area (Å²) in [5, 5.41) is 0. The summed E-state index contributed by atoms with van der Waals surface area (Å²) >= 11 is 0. The molecule has 0 nitrogen and oxygen atoms in total. The van der Waals surface area contributed by atoms with E-state index in [1.807, 2.05) is 0 Å². The fraction of sp³-hybridized carbons (Fsp3) is 0.818. The molecule has 0 aromatic rings. The van der Waals surface area contributed by atoms with Gasteiger partial charge in [0.25, 0.3) is 0 Å². The third-order valence-electron chi connectivity index (χ3n) is 3.87. The molecule has 2 rings (SSSR count). The van der Waals surface area contributed by atoms with Crippen LogP contribution in [0.5, 0.6) is 0 Å². The minimum Gasteiger partial charge on any atom is -0.0917 e. The Bertz CT molecular complexity index is 200. The molecule has 2 saturated carbocycles. The molecule has 0 heterocycles. The van der Waals surface area contributed by atoms with Crippen LogP contribution < -0.4 is 0 Å². The Morgan fingerprint density at radius 3 is 2.45 bits per heavy atom. The van der Waals surface area contributed by atoms with Gasteiger partial charge >= 0.3 is 0 Å². The first-order valence-electron chi connectivity index (χ1n) is 4.73. The highest BCUT2D eigenvalue weighted by atomic mass is 14.8. The van der Waals surface area contributed by atoms with Crippen molar-refractivity contribution >= 4 is 0 Å². The van der Waals surface area contributed by atoms with Crippen molar-refractivity contribution in [2.24, 2.45) is 16.7 Å².